The Kier molecular flexibility index (Phi) is 3.84. The van der Waals surface area contributed by atoms with Gasteiger partial charge in [0.25, 0.3) is 0 Å². The first-order valence-electron chi connectivity index (χ1n) is 6.21. The molecular weight excluding hydrogens is 214 g/mol. The van der Waals surface area contributed by atoms with Crippen LogP contribution in [0.25, 0.3) is 0 Å². The molecule has 1 fully saturated rings. The highest BCUT2D eigenvalue weighted by molar-refractivity contribution is 5.51. The number of rotatable bonds is 3. The highest BCUT2D eigenvalue weighted by Gasteiger charge is 2.16. The van der Waals surface area contributed by atoms with Gasteiger partial charge in [-0.2, -0.15) is 0 Å². The van der Waals surface area contributed by atoms with Gasteiger partial charge in [0.05, 0.1) is 18.0 Å². The molecule has 0 spiro atoms. The summed E-state index contributed by atoms with van der Waals surface area (Å²) in [7, 11) is 2.05. The lowest BCUT2D eigenvalue weighted by molar-refractivity contribution is 0.0215. The summed E-state index contributed by atoms with van der Waals surface area (Å²) in [5.41, 5.74) is 7.59. The number of anilines is 2. The number of likely N-dealkylation sites (N-methyl/N-ethyl adjacent to an activating group) is 1. The lowest BCUT2D eigenvalue weighted by atomic mass is 10.1. The van der Waals surface area contributed by atoms with E-state index in [1.54, 1.807) is 6.20 Å². The predicted molar refractivity (Wildman–Crippen MR) is 70.2 cm³/mol. The molecule has 2 heterocycles. The number of aryl methyl sites for hydroxylation is 1. The fourth-order valence-electron chi connectivity index (χ4n) is 2.11. The summed E-state index contributed by atoms with van der Waals surface area (Å²) in [6.07, 6.45) is 5.68. The highest BCUT2D eigenvalue weighted by atomic mass is 16.5. The SMILES string of the molecule is Cc1cc(N(C)CC2CCCCO2)ncc1N. The summed E-state index contributed by atoms with van der Waals surface area (Å²) in [5.74, 6) is 0.964. The summed E-state index contributed by atoms with van der Waals surface area (Å²) in [5, 5.41) is 0. The minimum atomic E-state index is 0.341. The molecule has 0 aromatic carbocycles. The van der Waals surface area contributed by atoms with Crippen LogP contribution in [-0.2, 0) is 4.74 Å². The van der Waals surface area contributed by atoms with Crippen LogP contribution in [-0.4, -0.2) is 31.3 Å². The molecule has 4 heteroatoms. The van der Waals surface area contributed by atoms with Crippen molar-refractivity contribution in [3.63, 3.8) is 0 Å². The molecule has 0 radical (unpaired) electrons. The van der Waals surface area contributed by atoms with Gasteiger partial charge in [-0.1, -0.05) is 0 Å². The number of hydrogen-bond acceptors (Lipinski definition) is 4. The van der Waals surface area contributed by atoms with E-state index >= 15 is 0 Å². The molecule has 2 rings (SSSR count). The number of hydrogen-bond donors (Lipinski definition) is 1. The number of nitrogens with two attached hydrogens (primary N) is 1. The van der Waals surface area contributed by atoms with Crippen LogP contribution in [0.2, 0.25) is 0 Å². The molecule has 0 saturated carbocycles. The van der Waals surface area contributed by atoms with E-state index in [0.29, 0.717) is 6.10 Å². The first kappa shape index (κ1) is 12.2. The van der Waals surface area contributed by atoms with E-state index in [0.717, 1.165) is 36.6 Å². The highest BCUT2D eigenvalue weighted by Crippen LogP contribution is 2.19. The van der Waals surface area contributed by atoms with Crippen molar-refractivity contribution in [2.45, 2.75) is 32.3 Å². The largest absolute Gasteiger partial charge is 0.397 e. The van der Waals surface area contributed by atoms with E-state index in [2.05, 4.69) is 16.9 Å². The third kappa shape index (κ3) is 3.09. The number of pyridine rings is 1. The molecule has 1 atom stereocenters. The summed E-state index contributed by atoms with van der Waals surface area (Å²) in [6.45, 7) is 3.80. The Morgan fingerprint density at radius 1 is 1.53 bits per heavy atom. The fourth-order valence-corrected chi connectivity index (χ4v) is 2.11. The summed E-state index contributed by atoms with van der Waals surface area (Å²) < 4.78 is 5.73. The van der Waals surface area contributed by atoms with Gasteiger partial charge < -0.3 is 15.4 Å². The molecule has 1 aromatic heterocycles. The molecule has 17 heavy (non-hydrogen) atoms. The maximum Gasteiger partial charge on any atom is 0.128 e. The average molecular weight is 235 g/mol. The van der Waals surface area contributed by atoms with Crippen molar-refractivity contribution in [3.8, 4) is 0 Å². The molecule has 94 valence electrons. The minimum Gasteiger partial charge on any atom is -0.397 e. The van der Waals surface area contributed by atoms with E-state index < -0.39 is 0 Å². The molecule has 0 aliphatic carbocycles. The quantitative estimate of drug-likeness (QED) is 0.870. The Bertz CT molecular complexity index is 375. The average Bonchev–Trinajstić information content (AvgIpc) is 2.34. The van der Waals surface area contributed by atoms with Gasteiger partial charge in [0.2, 0.25) is 0 Å². The van der Waals surface area contributed by atoms with Gasteiger partial charge in [-0.3, -0.25) is 0 Å². The molecule has 1 unspecified atom stereocenters. The van der Waals surface area contributed by atoms with Gasteiger partial charge >= 0.3 is 0 Å². The topological polar surface area (TPSA) is 51.4 Å². The van der Waals surface area contributed by atoms with Gasteiger partial charge in [0, 0.05) is 20.2 Å². The molecule has 0 bridgehead atoms. The van der Waals surface area contributed by atoms with Crippen molar-refractivity contribution in [1.82, 2.24) is 4.98 Å². The second-order valence-corrected chi connectivity index (χ2v) is 4.77. The van der Waals surface area contributed by atoms with Gasteiger partial charge in [-0.05, 0) is 37.8 Å². The standard InChI is InChI=1S/C13H21N3O/c1-10-7-13(15-8-12(10)14)16(2)9-11-5-3-4-6-17-11/h7-8,11H,3-6,9,14H2,1-2H3. The molecule has 1 aromatic rings. The van der Waals surface area contributed by atoms with Crippen molar-refractivity contribution >= 4 is 11.5 Å². The van der Waals surface area contributed by atoms with Gasteiger partial charge in [0.15, 0.2) is 0 Å². The van der Waals surface area contributed by atoms with Crippen molar-refractivity contribution < 1.29 is 4.74 Å². The van der Waals surface area contributed by atoms with E-state index in [9.17, 15) is 0 Å². The lowest BCUT2D eigenvalue weighted by Crippen LogP contribution is -2.33. The number of aromatic nitrogens is 1. The monoisotopic (exact) mass is 235 g/mol. The zero-order valence-electron chi connectivity index (χ0n) is 10.6. The lowest BCUT2D eigenvalue weighted by Gasteiger charge is -2.28. The van der Waals surface area contributed by atoms with Crippen molar-refractivity contribution in [1.29, 1.82) is 0 Å². The Morgan fingerprint density at radius 3 is 3.00 bits per heavy atom. The van der Waals surface area contributed by atoms with Crippen LogP contribution < -0.4 is 10.6 Å². The first-order chi connectivity index (χ1) is 8.16. The van der Waals surface area contributed by atoms with Crippen LogP contribution in [0.3, 0.4) is 0 Å². The van der Waals surface area contributed by atoms with Gasteiger partial charge in [0.1, 0.15) is 5.82 Å². The molecule has 1 saturated heterocycles. The Labute approximate surface area is 103 Å². The normalized spacial score (nSPS) is 20.2. The fraction of sp³-hybridized carbons (Fsp3) is 0.615. The Morgan fingerprint density at radius 2 is 2.35 bits per heavy atom. The zero-order valence-corrected chi connectivity index (χ0v) is 10.6. The molecule has 4 nitrogen and oxygen atoms in total. The summed E-state index contributed by atoms with van der Waals surface area (Å²) in [6, 6.07) is 2.03. The van der Waals surface area contributed by atoms with E-state index in [1.807, 2.05) is 13.0 Å². The number of nitrogens with zero attached hydrogens (tertiary/aromatic N) is 2. The smallest absolute Gasteiger partial charge is 0.128 e. The summed E-state index contributed by atoms with van der Waals surface area (Å²) in [4.78, 5) is 6.49. The Hall–Kier alpha value is -1.29. The molecule has 1 aliphatic rings. The maximum absolute atomic E-state index is 5.77. The van der Waals surface area contributed by atoms with Crippen LogP contribution in [0.4, 0.5) is 11.5 Å². The van der Waals surface area contributed by atoms with Crippen molar-refractivity contribution in [3.05, 3.63) is 17.8 Å². The third-order valence-corrected chi connectivity index (χ3v) is 3.28. The summed E-state index contributed by atoms with van der Waals surface area (Å²) >= 11 is 0. The first-order valence-corrected chi connectivity index (χ1v) is 6.21. The van der Waals surface area contributed by atoms with Crippen LogP contribution in [0, 0.1) is 6.92 Å². The second kappa shape index (κ2) is 5.36. The molecule has 0 amide bonds. The van der Waals surface area contributed by atoms with Crippen LogP contribution in [0.1, 0.15) is 24.8 Å². The van der Waals surface area contributed by atoms with E-state index in [1.165, 1.54) is 12.8 Å². The zero-order chi connectivity index (χ0) is 12.3. The van der Waals surface area contributed by atoms with Crippen molar-refractivity contribution in [2.24, 2.45) is 0 Å². The van der Waals surface area contributed by atoms with Gasteiger partial charge in [-0.15, -0.1) is 0 Å². The molecular formula is C13H21N3O. The van der Waals surface area contributed by atoms with Crippen molar-refractivity contribution in [2.75, 3.05) is 30.8 Å². The molecule has 2 N–H and O–H groups in total. The molecule has 1 aliphatic heterocycles. The Balaban J connectivity index is 1.98. The van der Waals surface area contributed by atoms with E-state index in [-0.39, 0.29) is 0 Å². The van der Waals surface area contributed by atoms with E-state index in [4.69, 9.17) is 10.5 Å². The predicted octanol–water partition coefficient (Wildman–Crippen LogP) is 1.98. The van der Waals surface area contributed by atoms with Crippen LogP contribution >= 0.6 is 0 Å². The van der Waals surface area contributed by atoms with Crippen LogP contribution in [0.5, 0.6) is 0 Å². The number of nitrogen functional groups attached to an aromatic ring is 1. The second-order valence-electron chi connectivity index (χ2n) is 4.77. The van der Waals surface area contributed by atoms with Crippen LogP contribution in [0.15, 0.2) is 12.3 Å². The third-order valence-electron chi connectivity index (χ3n) is 3.28. The minimum absolute atomic E-state index is 0.341. The van der Waals surface area contributed by atoms with Gasteiger partial charge in [-0.25, -0.2) is 4.98 Å². The maximum atomic E-state index is 5.77. The number of ether oxygens (including phenoxy) is 1.